The van der Waals surface area contributed by atoms with Gasteiger partial charge in [-0.2, -0.15) is 11.3 Å². The number of aryl methyl sites for hydroxylation is 2. The quantitative estimate of drug-likeness (QED) is 0.829. The Morgan fingerprint density at radius 3 is 2.82 bits per heavy atom. The molecule has 2 aromatic rings. The average Bonchev–Trinajstić information content (AvgIpc) is 2.84. The van der Waals surface area contributed by atoms with Gasteiger partial charge in [0.1, 0.15) is 0 Å². The summed E-state index contributed by atoms with van der Waals surface area (Å²) >= 11 is 1.77. The van der Waals surface area contributed by atoms with Gasteiger partial charge in [-0.05, 0) is 65.4 Å². The molecule has 0 atom stereocenters. The number of anilines is 1. The van der Waals surface area contributed by atoms with Crippen LogP contribution >= 0.6 is 11.3 Å². The summed E-state index contributed by atoms with van der Waals surface area (Å²) in [4.78, 5) is 0. The Morgan fingerprint density at radius 1 is 1.24 bits per heavy atom. The Labute approximate surface area is 108 Å². The minimum atomic E-state index is 1.00. The van der Waals surface area contributed by atoms with E-state index in [9.17, 15) is 0 Å². The van der Waals surface area contributed by atoms with Crippen LogP contribution in [0.5, 0.6) is 0 Å². The van der Waals surface area contributed by atoms with Gasteiger partial charge in [0.2, 0.25) is 0 Å². The molecule has 0 aliphatic carbocycles. The normalized spacial score (nSPS) is 10.5. The zero-order valence-corrected chi connectivity index (χ0v) is 11.3. The Bertz CT molecular complexity index is 460. The number of hydrogen-bond acceptors (Lipinski definition) is 2. The highest BCUT2D eigenvalue weighted by Gasteiger charge is 1.98. The summed E-state index contributed by atoms with van der Waals surface area (Å²) in [5.74, 6) is 0. The van der Waals surface area contributed by atoms with Gasteiger partial charge < -0.3 is 5.32 Å². The SMILES string of the molecule is CCc1cc(NCCc2ccsc2)ccc1C. The number of hydrogen-bond donors (Lipinski definition) is 1. The molecule has 0 saturated carbocycles. The van der Waals surface area contributed by atoms with Crippen molar-refractivity contribution in [3.8, 4) is 0 Å². The summed E-state index contributed by atoms with van der Waals surface area (Å²) in [6.45, 7) is 5.38. The van der Waals surface area contributed by atoms with E-state index in [-0.39, 0.29) is 0 Å². The molecule has 2 heteroatoms. The maximum Gasteiger partial charge on any atom is 0.0343 e. The van der Waals surface area contributed by atoms with Crippen LogP contribution in [0.25, 0.3) is 0 Å². The number of thiophene rings is 1. The van der Waals surface area contributed by atoms with Crippen molar-refractivity contribution in [1.82, 2.24) is 0 Å². The van der Waals surface area contributed by atoms with E-state index in [2.05, 4.69) is 54.2 Å². The molecule has 1 aromatic heterocycles. The van der Waals surface area contributed by atoms with Crippen molar-refractivity contribution in [3.63, 3.8) is 0 Å². The van der Waals surface area contributed by atoms with Gasteiger partial charge in [-0.3, -0.25) is 0 Å². The van der Waals surface area contributed by atoms with Gasteiger partial charge in [-0.15, -0.1) is 0 Å². The van der Waals surface area contributed by atoms with Crippen molar-refractivity contribution in [2.45, 2.75) is 26.7 Å². The van der Waals surface area contributed by atoms with Crippen LogP contribution in [0.4, 0.5) is 5.69 Å². The van der Waals surface area contributed by atoms with Crippen molar-refractivity contribution in [3.05, 3.63) is 51.7 Å². The van der Waals surface area contributed by atoms with E-state index in [0.29, 0.717) is 0 Å². The van der Waals surface area contributed by atoms with E-state index in [1.54, 1.807) is 11.3 Å². The predicted octanol–water partition coefficient (Wildman–Crippen LogP) is 4.27. The van der Waals surface area contributed by atoms with Crippen molar-refractivity contribution < 1.29 is 0 Å². The third-order valence-corrected chi connectivity index (χ3v) is 3.78. The molecule has 0 aliphatic rings. The lowest BCUT2D eigenvalue weighted by Crippen LogP contribution is -2.04. The van der Waals surface area contributed by atoms with E-state index in [0.717, 1.165) is 19.4 Å². The van der Waals surface area contributed by atoms with E-state index in [1.165, 1.54) is 22.4 Å². The topological polar surface area (TPSA) is 12.0 Å². The van der Waals surface area contributed by atoms with E-state index < -0.39 is 0 Å². The largest absolute Gasteiger partial charge is 0.385 e. The van der Waals surface area contributed by atoms with Crippen LogP contribution < -0.4 is 5.32 Å². The van der Waals surface area contributed by atoms with Crippen molar-refractivity contribution in [2.24, 2.45) is 0 Å². The minimum Gasteiger partial charge on any atom is -0.385 e. The van der Waals surface area contributed by atoms with Crippen LogP contribution in [0, 0.1) is 6.92 Å². The molecule has 0 amide bonds. The van der Waals surface area contributed by atoms with Gasteiger partial charge in [0.05, 0.1) is 0 Å². The first-order valence-electron chi connectivity index (χ1n) is 6.14. The van der Waals surface area contributed by atoms with E-state index >= 15 is 0 Å². The predicted molar refractivity (Wildman–Crippen MR) is 77.1 cm³/mol. The molecule has 2 rings (SSSR count). The van der Waals surface area contributed by atoms with Crippen LogP contribution in [0.15, 0.2) is 35.0 Å². The Hall–Kier alpha value is -1.28. The molecule has 0 saturated heterocycles. The minimum absolute atomic E-state index is 1.00. The first-order chi connectivity index (χ1) is 8.29. The second-order valence-corrected chi connectivity index (χ2v) is 5.08. The maximum atomic E-state index is 3.49. The molecule has 17 heavy (non-hydrogen) atoms. The molecule has 1 N–H and O–H groups in total. The Balaban J connectivity index is 1.90. The standard InChI is InChI=1S/C15H19NS/c1-3-14-10-15(5-4-12(14)2)16-8-6-13-7-9-17-11-13/h4-5,7,9-11,16H,3,6,8H2,1-2H3. The van der Waals surface area contributed by atoms with Crippen molar-refractivity contribution in [1.29, 1.82) is 0 Å². The third kappa shape index (κ3) is 3.34. The van der Waals surface area contributed by atoms with Crippen molar-refractivity contribution in [2.75, 3.05) is 11.9 Å². The molecule has 0 spiro atoms. The zero-order valence-electron chi connectivity index (χ0n) is 10.5. The van der Waals surface area contributed by atoms with Gasteiger partial charge in [-0.25, -0.2) is 0 Å². The van der Waals surface area contributed by atoms with Crippen LogP contribution in [0.3, 0.4) is 0 Å². The fraction of sp³-hybridized carbons (Fsp3) is 0.333. The van der Waals surface area contributed by atoms with Crippen LogP contribution in [-0.4, -0.2) is 6.54 Å². The molecule has 0 radical (unpaired) electrons. The third-order valence-electron chi connectivity index (χ3n) is 3.05. The second-order valence-electron chi connectivity index (χ2n) is 4.30. The summed E-state index contributed by atoms with van der Waals surface area (Å²) in [5, 5.41) is 7.84. The van der Waals surface area contributed by atoms with Gasteiger partial charge in [0.15, 0.2) is 0 Å². The zero-order chi connectivity index (χ0) is 12.1. The molecule has 1 heterocycles. The van der Waals surface area contributed by atoms with Gasteiger partial charge in [-0.1, -0.05) is 13.0 Å². The van der Waals surface area contributed by atoms with Gasteiger partial charge in [0.25, 0.3) is 0 Å². The lowest BCUT2D eigenvalue weighted by Gasteiger charge is -2.09. The monoisotopic (exact) mass is 245 g/mol. The van der Waals surface area contributed by atoms with Gasteiger partial charge >= 0.3 is 0 Å². The number of benzene rings is 1. The lowest BCUT2D eigenvalue weighted by molar-refractivity contribution is 1.02. The fourth-order valence-electron chi connectivity index (χ4n) is 1.95. The summed E-state index contributed by atoms with van der Waals surface area (Å²) in [5.41, 5.74) is 5.48. The summed E-state index contributed by atoms with van der Waals surface area (Å²) < 4.78 is 0. The highest BCUT2D eigenvalue weighted by Crippen LogP contribution is 2.16. The molecule has 0 bridgehead atoms. The smallest absolute Gasteiger partial charge is 0.0343 e. The summed E-state index contributed by atoms with van der Waals surface area (Å²) in [6, 6.07) is 8.83. The van der Waals surface area contributed by atoms with Crippen LogP contribution in [0.2, 0.25) is 0 Å². The highest BCUT2D eigenvalue weighted by atomic mass is 32.1. The van der Waals surface area contributed by atoms with Crippen LogP contribution in [0.1, 0.15) is 23.6 Å². The first-order valence-corrected chi connectivity index (χ1v) is 7.08. The number of nitrogens with one attached hydrogen (secondary N) is 1. The molecular weight excluding hydrogens is 226 g/mol. The summed E-state index contributed by atoms with van der Waals surface area (Å²) in [7, 11) is 0. The molecule has 1 aromatic carbocycles. The van der Waals surface area contributed by atoms with Gasteiger partial charge in [0, 0.05) is 12.2 Å². The molecular formula is C15H19NS. The molecule has 0 unspecified atom stereocenters. The van der Waals surface area contributed by atoms with Crippen LogP contribution in [-0.2, 0) is 12.8 Å². The molecule has 0 fully saturated rings. The lowest BCUT2D eigenvalue weighted by atomic mass is 10.1. The Kier molecular flexibility index (Phi) is 4.21. The summed E-state index contributed by atoms with van der Waals surface area (Å²) in [6.07, 6.45) is 2.20. The second kappa shape index (κ2) is 5.87. The van der Waals surface area contributed by atoms with E-state index in [4.69, 9.17) is 0 Å². The molecule has 1 nitrogen and oxygen atoms in total. The van der Waals surface area contributed by atoms with Crippen molar-refractivity contribution >= 4 is 17.0 Å². The molecule has 0 aliphatic heterocycles. The average molecular weight is 245 g/mol. The maximum absolute atomic E-state index is 3.49. The van der Waals surface area contributed by atoms with E-state index in [1.807, 2.05) is 0 Å². The first kappa shape index (κ1) is 12.2. The highest BCUT2D eigenvalue weighted by molar-refractivity contribution is 7.07. The molecule has 90 valence electrons. The Morgan fingerprint density at radius 2 is 2.12 bits per heavy atom. The number of rotatable bonds is 5. The fourth-order valence-corrected chi connectivity index (χ4v) is 2.65.